The molecule has 0 aliphatic carbocycles. The topological polar surface area (TPSA) is 88.5 Å². The molecule has 0 amide bonds. The molecule has 0 spiro atoms. The van der Waals surface area contributed by atoms with E-state index in [-0.39, 0.29) is 17.6 Å². The maximum atomic E-state index is 9.63. The van der Waals surface area contributed by atoms with Crippen LogP contribution >= 0.6 is 0 Å². The predicted molar refractivity (Wildman–Crippen MR) is 85.0 cm³/mol. The molecule has 0 aromatic heterocycles. The van der Waals surface area contributed by atoms with Crippen LogP contribution in [0.3, 0.4) is 0 Å². The molecule has 23 heavy (non-hydrogen) atoms. The molecule has 3 N–H and O–H groups in total. The molecule has 2 aromatic carbocycles. The summed E-state index contributed by atoms with van der Waals surface area (Å²) in [6, 6.07) is 14.5. The van der Waals surface area contributed by atoms with Crippen molar-refractivity contribution in [3.8, 4) is 23.3 Å². The maximum absolute atomic E-state index is 9.63. The summed E-state index contributed by atoms with van der Waals surface area (Å²) in [5.41, 5.74) is 7.94. The van der Waals surface area contributed by atoms with Crippen molar-refractivity contribution in [2.45, 2.75) is 12.8 Å². The summed E-state index contributed by atoms with van der Waals surface area (Å²) in [7, 11) is 0. The SMILES string of the molecule is CCOc1ccc([C@H]2C(C#N)=C(N)Oc3cc(O)ccc32)cc1. The highest BCUT2D eigenvalue weighted by Gasteiger charge is 2.30. The first kappa shape index (κ1) is 14.8. The second-order valence-corrected chi connectivity index (χ2v) is 5.15. The van der Waals surface area contributed by atoms with Gasteiger partial charge >= 0.3 is 0 Å². The third kappa shape index (κ3) is 2.67. The Kier molecular flexibility index (Phi) is 3.82. The first-order chi connectivity index (χ1) is 11.1. The van der Waals surface area contributed by atoms with Gasteiger partial charge < -0.3 is 20.3 Å². The van der Waals surface area contributed by atoms with Gasteiger partial charge in [0.25, 0.3) is 0 Å². The van der Waals surface area contributed by atoms with Crippen LogP contribution in [0.25, 0.3) is 0 Å². The average molecular weight is 308 g/mol. The minimum atomic E-state index is -0.333. The van der Waals surface area contributed by atoms with Gasteiger partial charge in [-0.2, -0.15) is 5.26 Å². The Bertz CT molecular complexity index is 804. The van der Waals surface area contributed by atoms with E-state index >= 15 is 0 Å². The zero-order chi connectivity index (χ0) is 16.4. The number of phenols is 1. The molecule has 5 heteroatoms. The average Bonchev–Trinajstić information content (AvgIpc) is 2.54. The maximum Gasteiger partial charge on any atom is 0.205 e. The number of fused-ring (bicyclic) bond motifs is 1. The van der Waals surface area contributed by atoms with Crippen LogP contribution in [0.2, 0.25) is 0 Å². The molecule has 116 valence electrons. The van der Waals surface area contributed by atoms with Crippen molar-refractivity contribution in [1.29, 1.82) is 5.26 Å². The Morgan fingerprint density at radius 2 is 2.00 bits per heavy atom. The number of allylic oxidation sites excluding steroid dienone is 1. The van der Waals surface area contributed by atoms with Crippen molar-refractivity contribution in [1.82, 2.24) is 0 Å². The van der Waals surface area contributed by atoms with Crippen molar-refractivity contribution < 1.29 is 14.6 Å². The molecule has 0 fully saturated rings. The number of ether oxygens (including phenoxy) is 2. The molecular weight excluding hydrogens is 292 g/mol. The van der Waals surface area contributed by atoms with E-state index in [4.69, 9.17) is 15.2 Å². The number of hydrogen-bond donors (Lipinski definition) is 2. The van der Waals surface area contributed by atoms with E-state index in [0.29, 0.717) is 17.9 Å². The first-order valence-electron chi connectivity index (χ1n) is 7.27. The Balaban J connectivity index is 2.10. The number of nitrogens with two attached hydrogens (primary N) is 1. The number of hydrogen-bond acceptors (Lipinski definition) is 5. The number of aromatic hydroxyl groups is 1. The standard InChI is InChI=1S/C18H16N2O3/c1-2-22-13-6-3-11(4-7-13)17-14-8-5-12(21)9-16(14)23-18(20)15(17)10-19/h3-9,17,21H,2,20H2,1H3/t17-/m1/s1. The summed E-state index contributed by atoms with van der Waals surface area (Å²) in [6.45, 7) is 2.52. The largest absolute Gasteiger partial charge is 0.508 e. The Morgan fingerprint density at radius 1 is 1.26 bits per heavy atom. The van der Waals surface area contributed by atoms with Crippen molar-refractivity contribution in [3.63, 3.8) is 0 Å². The van der Waals surface area contributed by atoms with Crippen LogP contribution in [0.4, 0.5) is 0 Å². The van der Waals surface area contributed by atoms with E-state index in [1.807, 2.05) is 31.2 Å². The van der Waals surface area contributed by atoms with Crippen LogP contribution in [-0.2, 0) is 0 Å². The summed E-state index contributed by atoms with van der Waals surface area (Å²) in [5.74, 6) is 1.04. The van der Waals surface area contributed by atoms with Gasteiger partial charge in [-0.25, -0.2) is 0 Å². The van der Waals surface area contributed by atoms with Crippen molar-refractivity contribution in [3.05, 3.63) is 65.0 Å². The molecule has 0 radical (unpaired) electrons. The monoisotopic (exact) mass is 308 g/mol. The molecule has 1 heterocycles. The van der Waals surface area contributed by atoms with E-state index in [2.05, 4.69) is 6.07 Å². The quantitative estimate of drug-likeness (QED) is 0.910. The molecule has 1 aliphatic heterocycles. The summed E-state index contributed by atoms with van der Waals surface area (Å²) < 4.78 is 10.9. The van der Waals surface area contributed by atoms with Crippen LogP contribution < -0.4 is 15.2 Å². The van der Waals surface area contributed by atoms with Crippen LogP contribution in [0.1, 0.15) is 24.0 Å². The molecule has 0 unspecified atom stereocenters. The zero-order valence-corrected chi connectivity index (χ0v) is 12.6. The van der Waals surface area contributed by atoms with Gasteiger partial charge in [-0.05, 0) is 30.7 Å². The third-order valence-electron chi connectivity index (χ3n) is 3.73. The molecule has 2 aromatic rings. The van der Waals surface area contributed by atoms with Crippen molar-refractivity contribution in [2.24, 2.45) is 5.73 Å². The lowest BCUT2D eigenvalue weighted by Gasteiger charge is -2.26. The van der Waals surface area contributed by atoms with E-state index in [1.54, 1.807) is 12.1 Å². The lowest BCUT2D eigenvalue weighted by Crippen LogP contribution is -2.20. The second-order valence-electron chi connectivity index (χ2n) is 5.15. The van der Waals surface area contributed by atoms with Crippen molar-refractivity contribution in [2.75, 3.05) is 6.61 Å². The highest BCUT2D eigenvalue weighted by atomic mass is 16.5. The Hall–Kier alpha value is -3.13. The van der Waals surface area contributed by atoms with Crippen LogP contribution in [0, 0.1) is 11.3 Å². The predicted octanol–water partition coefficient (Wildman–Crippen LogP) is 3.01. The highest BCUT2D eigenvalue weighted by molar-refractivity contribution is 5.57. The van der Waals surface area contributed by atoms with E-state index in [0.717, 1.165) is 16.9 Å². The van der Waals surface area contributed by atoms with Gasteiger partial charge in [0.2, 0.25) is 5.88 Å². The third-order valence-corrected chi connectivity index (χ3v) is 3.73. The van der Waals surface area contributed by atoms with Gasteiger partial charge in [0.05, 0.1) is 12.5 Å². The minimum absolute atomic E-state index is 0.0597. The summed E-state index contributed by atoms with van der Waals surface area (Å²) >= 11 is 0. The van der Waals surface area contributed by atoms with Gasteiger partial charge in [0.15, 0.2) is 0 Å². The second kappa shape index (κ2) is 5.93. The minimum Gasteiger partial charge on any atom is -0.508 e. The lowest BCUT2D eigenvalue weighted by molar-refractivity contribution is 0.340. The van der Waals surface area contributed by atoms with E-state index in [1.165, 1.54) is 6.07 Å². The zero-order valence-electron chi connectivity index (χ0n) is 12.6. The number of phenolic OH excluding ortho intramolecular Hbond substituents is 1. The molecule has 5 nitrogen and oxygen atoms in total. The van der Waals surface area contributed by atoms with Gasteiger partial charge in [-0.3, -0.25) is 0 Å². The normalized spacial score (nSPS) is 16.3. The molecular formula is C18H16N2O3. The molecule has 1 aliphatic rings. The number of benzene rings is 2. The first-order valence-corrected chi connectivity index (χ1v) is 7.27. The Labute approximate surface area is 134 Å². The molecule has 0 saturated heterocycles. The lowest BCUT2D eigenvalue weighted by atomic mass is 9.83. The van der Waals surface area contributed by atoms with Gasteiger partial charge in [-0.1, -0.05) is 18.2 Å². The smallest absolute Gasteiger partial charge is 0.205 e. The van der Waals surface area contributed by atoms with Gasteiger partial charge in [-0.15, -0.1) is 0 Å². The van der Waals surface area contributed by atoms with Crippen LogP contribution in [0.5, 0.6) is 17.2 Å². The number of nitrogens with zero attached hydrogens (tertiary/aromatic N) is 1. The summed E-state index contributed by atoms with van der Waals surface area (Å²) in [6.07, 6.45) is 0. The fraction of sp³-hybridized carbons (Fsp3) is 0.167. The van der Waals surface area contributed by atoms with Gasteiger partial charge in [0, 0.05) is 11.6 Å². The van der Waals surface area contributed by atoms with E-state index in [9.17, 15) is 10.4 Å². The number of nitriles is 1. The molecule has 3 rings (SSSR count). The number of rotatable bonds is 3. The fourth-order valence-electron chi connectivity index (χ4n) is 2.71. The van der Waals surface area contributed by atoms with E-state index < -0.39 is 0 Å². The molecule has 0 bridgehead atoms. The Morgan fingerprint density at radius 3 is 2.65 bits per heavy atom. The fourth-order valence-corrected chi connectivity index (χ4v) is 2.71. The summed E-state index contributed by atoms with van der Waals surface area (Å²) in [4.78, 5) is 0. The van der Waals surface area contributed by atoms with Crippen LogP contribution in [-0.4, -0.2) is 11.7 Å². The highest BCUT2D eigenvalue weighted by Crippen LogP contribution is 2.43. The summed E-state index contributed by atoms with van der Waals surface area (Å²) in [5, 5.41) is 19.1. The molecule has 1 atom stereocenters. The van der Waals surface area contributed by atoms with Crippen LogP contribution in [0.15, 0.2) is 53.9 Å². The molecule has 0 saturated carbocycles. The van der Waals surface area contributed by atoms with Crippen molar-refractivity contribution >= 4 is 0 Å². The van der Waals surface area contributed by atoms with Gasteiger partial charge in [0.1, 0.15) is 28.9 Å².